The Morgan fingerprint density at radius 1 is 1.50 bits per heavy atom. The van der Waals surface area contributed by atoms with Crippen molar-refractivity contribution in [3.63, 3.8) is 0 Å². The number of nitrogens with one attached hydrogen (secondary N) is 1. The molecule has 0 spiro atoms. The van der Waals surface area contributed by atoms with E-state index in [-0.39, 0.29) is 12.1 Å². The second-order valence-electron chi connectivity index (χ2n) is 4.19. The molecule has 86 valence electrons. The molecule has 3 nitrogen and oxygen atoms in total. The number of halogens is 1. The van der Waals surface area contributed by atoms with Crippen LogP contribution in [0.15, 0.2) is 28.7 Å². The zero-order valence-electron chi connectivity index (χ0n) is 8.87. The molecule has 0 bridgehead atoms. The largest absolute Gasteiger partial charge is 0.480 e. The molecule has 0 atom stereocenters. The molecule has 2 N–H and O–H groups in total. The van der Waals surface area contributed by atoms with E-state index in [0.717, 1.165) is 23.7 Å². The van der Waals surface area contributed by atoms with Crippen molar-refractivity contribution < 1.29 is 9.90 Å². The summed E-state index contributed by atoms with van der Waals surface area (Å²) in [5.74, 6) is -0.804. The first-order chi connectivity index (χ1) is 7.62. The van der Waals surface area contributed by atoms with Gasteiger partial charge in [-0.15, -0.1) is 0 Å². The minimum Gasteiger partial charge on any atom is -0.480 e. The number of benzene rings is 1. The van der Waals surface area contributed by atoms with Crippen LogP contribution >= 0.6 is 15.9 Å². The second-order valence-corrected chi connectivity index (χ2v) is 5.11. The molecule has 0 heterocycles. The van der Waals surface area contributed by atoms with E-state index in [9.17, 15) is 4.79 Å². The van der Waals surface area contributed by atoms with Crippen LogP contribution in [0.5, 0.6) is 0 Å². The molecule has 1 fully saturated rings. The van der Waals surface area contributed by atoms with Crippen LogP contribution in [0, 0.1) is 0 Å². The maximum absolute atomic E-state index is 10.6. The molecule has 0 aliphatic heterocycles. The lowest BCUT2D eigenvalue weighted by Gasteiger charge is -2.43. The van der Waals surface area contributed by atoms with Crippen LogP contribution in [0.2, 0.25) is 0 Å². The van der Waals surface area contributed by atoms with Gasteiger partial charge in [-0.1, -0.05) is 28.1 Å². The van der Waals surface area contributed by atoms with E-state index >= 15 is 0 Å². The van der Waals surface area contributed by atoms with Gasteiger partial charge < -0.3 is 5.11 Å². The Hall–Kier alpha value is -0.870. The van der Waals surface area contributed by atoms with Gasteiger partial charge in [-0.2, -0.15) is 0 Å². The van der Waals surface area contributed by atoms with Gasteiger partial charge >= 0.3 is 5.97 Å². The molecule has 2 rings (SSSR count). The first kappa shape index (κ1) is 11.6. The molecular weight excluding hydrogens is 270 g/mol. The van der Waals surface area contributed by atoms with E-state index in [2.05, 4.69) is 33.4 Å². The smallest absolute Gasteiger partial charge is 0.317 e. The predicted octanol–water partition coefficient (Wildman–Crippen LogP) is 2.50. The summed E-state index contributed by atoms with van der Waals surface area (Å²) in [6.07, 6.45) is 3.17. The molecule has 1 aromatic rings. The summed E-state index contributed by atoms with van der Waals surface area (Å²) < 4.78 is 1.04. The lowest BCUT2D eigenvalue weighted by atomic mass is 9.72. The molecule has 0 radical (unpaired) electrons. The van der Waals surface area contributed by atoms with Crippen LogP contribution in [-0.4, -0.2) is 17.6 Å². The van der Waals surface area contributed by atoms with Crippen LogP contribution < -0.4 is 5.32 Å². The van der Waals surface area contributed by atoms with Crippen LogP contribution in [0.3, 0.4) is 0 Å². The number of hydrogen-bond acceptors (Lipinski definition) is 2. The number of rotatable bonds is 4. The average molecular weight is 284 g/mol. The van der Waals surface area contributed by atoms with E-state index in [0.29, 0.717) is 0 Å². The SMILES string of the molecule is O=C(O)CNC1(c2cccc(Br)c2)CCC1. The Balaban J connectivity index is 2.17. The lowest BCUT2D eigenvalue weighted by molar-refractivity contribution is -0.136. The van der Waals surface area contributed by atoms with Crippen molar-refractivity contribution in [3.8, 4) is 0 Å². The van der Waals surface area contributed by atoms with Crippen LogP contribution in [0.1, 0.15) is 24.8 Å². The molecule has 0 aromatic heterocycles. The maximum Gasteiger partial charge on any atom is 0.317 e. The van der Waals surface area contributed by atoms with Crippen molar-refractivity contribution >= 4 is 21.9 Å². The Bertz CT molecular complexity index is 402. The summed E-state index contributed by atoms with van der Waals surface area (Å²) in [5, 5.41) is 11.9. The van der Waals surface area contributed by atoms with E-state index in [1.165, 1.54) is 5.56 Å². The topological polar surface area (TPSA) is 49.3 Å². The van der Waals surface area contributed by atoms with Crippen LogP contribution in [0.25, 0.3) is 0 Å². The van der Waals surface area contributed by atoms with Gasteiger partial charge in [-0.3, -0.25) is 10.1 Å². The normalized spacial score (nSPS) is 17.8. The summed E-state index contributed by atoms with van der Waals surface area (Å²) in [4.78, 5) is 10.6. The quantitative estimate of drug-likeness (QED) is 0.893. The Labute approximate surface area is 103 Å². The van der Waals surface area contributed by atoms with Crippen molar-refractivity contribution in [1.82, 2.24) is 5.32 Å². The monoisotopic (exact) mass is 283 g/mol. The molecule has 0 unspecified atom stereocenters. The van der Waals surface area contributed by atoms with E-state index in [4.69, 9.17) is 5.11 Å². The molecule has 4 heteroatoms. The number of carboxylic acid groups (broad SMARTS) is 1. The summed E-state index contributed by atoms with van der Waals surface area (Å²) in [5.41, 5.74) is 1.05. The Morgan fingerprint density at radius 2 is 2.25 bits per heavy atom. The highest BCUT2D eigenvalue weighted by molar-refractivity contribution is 9.10. The van der Waals surface area contributed by atoms with Crippen LogP contribution in [0.4, 0.5) is 0 Å². The minimum atomic E-state index is -0.804. The number of carboxylic acids is 1. The van der Waals surface area contributed by atoms with E-state index < -0.39 is 5.97 Å². The van der Waals surface area contributed by atoms with Gasteiger partial charge in [-0.05, 0) is 37.0 Å². The van der Waals surface area contributed by atoms with Gasteiger partial charge in [0.2, 0.25) is 0 Å². The van der Waals surface area contributed by atoms with Crippen LogP contribution in [-0.2, 0) is 10.3 Å². The van der Waals surface area contributed by atoms with Crippen molar-refractivity contribution in [2.75, 3.05) is 6.54 Å². The highest BCUT2D eigenvalue weighted by atomic mass is 79.9. The first-order valence-corrected chi connectivity index (χ1v) is 6.15. The van der Waals surface area contributed by atoms with Gasteiger partial charge in [0, 0.05) is 10.0 Å². The number of aliphatic carboxylic acids is 1. The summed E-state index contributed by atoms with van der Waals surface area (Å²) in [6.45, 7) is 0.0204. The first-order valence-electron chi connectivity index (χ1n) is 5.35. The number of carbonyl (C=O) groups is 1. The molecule has 16 heavy (non-hydrogen) atoms. The van der Waals surface area contributed by atoms with Crippen molar-refractivity contribution in [2.45, 2.75) is 24.8 Å². The van der Waals surface area contributed by atoms with Gasteiger partial charge in [0.1, 0.15) is 0 Å². The highest BCUT2D eigenvalue weighted by Crippen LogP contribution is 2.41. The predicted molar refractivity (Wildman–Crippen MR) is 65.3 cm³/mol. The van der Waals surface area contributed by atoms with Crippen molar-refractivity contribution in [1.29, 1.82) is 0 Å². The summed E-state index contributed by atoms with van der Waals surface area (Å²) in [6, 6.07) is 8.09. The standard InChI is InChI=1S/C12H14BrNO2/c13-10-4-1-3-9(7-10)12(5-2-6-12)14-8-11(15)16/h1,3-4,7,14H,2,5-6,8H2,(H,15,16). The maximum atomic E-state index is 10.6. The third-order valence-electron chi connectivity index (χ3n) is 3.16. The fourth-order valence-electron chi connectivity index (χ4n) is 2.13. The fourth-order valence-corrected chi connectivity index (χ4v) is 2.53. The molecule has 0 amide bonds. The highest BCUT2D eigenvalue weighted by Gasteiger charge is 2.38. The second kappa shape index (κ2) is 4.55. The molecule has 0 saturated heterocycles. The van der Waals surface area contributed by atoms with E-state index in [1.807, 2.05) is 12.1 Å². The third kappa shape index (κ3) is 2.28. The van der Waals surface area contributed by atoms with E-state index in [1.54, 1.807) is 0 Å². The minimum absolute atomic E-state index is 0.0204. The average Bonchev–Trinajstić information content (AvgIpc) is 2.15. The van der Waals surface area contributed by atoms with Gasteiger partial charge in [-0.25, -0.2) is 0 Å². The summed E-state index contributed by atoms with van der Waals surface area (Å²) >= 11 is 3.44. The Kier molecular flexibility index (Phi) is 3.30. The number of hydrogen-bond donors (Lipinski definition) is 2. The van der Waals surface area contributed by atoms with Gasteiger partial charge in [0.15, 0.2) is 0 Å². The Morgan fingerprint density at radius 3 is 2.75 bits per heavy atom. The zero-order valence-corrected chi connectivity index (χ0v) is 10.5. The summed E-state index contributed by atoms with van der Waals surface area (Å²) in [7, 11) is 0. The lowest BCUT2D eigenvalue weighted by Crippen LogP contribution is -2.49. The molecular formula is C12H14BrNO2. The van der Waals surface area contributed by atoms with Crippen molar-refractivity contribution in [3.05, 3.63) is 34.3 Å². The molecule has 1 aliphatic carbocycles. The zero-order chi connectivity index (χ0) is 11.6. The molecule has 1 aliphatic rings. The third-order valence-corrected chi connectivity index (χ3v) is 3.66. The molecule has 1 aromatic carbocycles. The molecule has 1 saturated carbocycles. The van der Waals surface area contributed by atoms with Crippen molar-refractivity contribution in [2.24, 2.45) is 0 Å². The van der Waals surface area contributed by atoms with Gasteiger partial charge in [0.25, 0.3) is 0 Å². The fraction of sp³-hybridized carbons (Fsp3) is 0.417. The van der Waals surface area contributed by atoms with Gasteiger partial charge in [0.05, 0.1) is 6.54 Å².